The van der Waals surface area contributed by atoms with Crippen molar-refractivity contribution in [1.82, 2.24) is 24.6 Å². The summed E-state index contributed by atoms with van der Waals surface area (Å²) in [6.45, 7) is 2.40. The fraction of sp³-hybridized carbons (Fsp3) is 0.462. The first kappa shape index (κ1) is 14.2. The maximum atomic E-state index is 11.5. The van der Waals surface area contributed by atoms with Gasteiger partial charge in [0.1, 0.15) is 0 Å². The van der Waals surface area contributed by atoms with E-state index in [9.17, 15) is 8.42 Å². The van der Waals surface area contributed by atoms with E-state index in [0.717, 1.165) is 49.1 Å². The molecule has 0 radical (unpaired) electrons. The Bertz CT molecular complexity index is 769. The lowest BCUT2D eigenvalue weighted by Crippen LogP contribution is -2.31. The second kappa shape index (κ2) is 5.19. The number of hydrogen-bond donors (Lipinski definition) is 0. The lowest BCUT2D eigenvalue weighted by Gasteiger charge is -2.27. The summed E-state index contributed by atoms with van der Waals surface area (Å²) in [5.41, 5.74) is 3.00. The van der Waals surface area contributed by atoms with E-state index in [1.54, 1.807) is 10.9 Å². The van der Waals surface area contributed by atoms with Crippen LogP contribution in [0.2, 0.25) is 0 Å². The molecule has 2 aromatic heterocycles. The summed E-state index contributed by atoms with van der Waals surface area (Å²) < 4.78 is 24.8. The Hall–Kier alpha value is -1.80. The summed E-state index contributed by atoms with van der Waals surface area (Å²) >= 11 is 0. The second-order valence-corrected chi connectivity index (χ2v) is 7.29. The first-order valence-corrected chi connectivity index (χ1v) is 8.56. The molecule has 0 amide bonds. The van der Waals surface area contributed by atoms with Crippen molar-refractivity contribution in [2.24, 2.45) is 7.05 Å². The Morgan fingerprint density at radius 3 is 2.81 bits per heavy atom. The van der Waals surface area contributed by atoms with Crippen LogP contribution in [0.1, 0.15) is 16.8 Å². The van der Waals surface area contributed by atoms with E-state index < -0.39 is 9.84 Å². The largest absolute Gasteiger partial charge is 0.294 e. The Labute approximate surface area is 123 Å². The number of fused-ring (bicyclic) bond motifs is 1. The Balaban J connectivity index is 1.77. The molecule has 0 bridgehead atoms. The smallest absolute Gasteiger partial charge is 0.246 e. The highest BCUT2D eigenvalue weighted by Gasteiger charge is 2.21. The minimum absolute atomic E-state index is 0.0815. The third-order valence-corrected chi connectivity index (χ3v) is 4.35. The van der Waals surface area contributed by atoms with Crippen LogP contribution in [0.4, 0.5) is 0 Å². The third kappa shape index (κ3) is 3.11. The Morgan fingerprint density at radius 2 is 2.14 bits per heavy atom. The Kier molecular flexibility index (Phi) is 3.50. The van der Waals surface area contributed by atoms with Gasteiger partial charge in [-0.3, -0.25) is 9.58 Å². The number of rotatable bonds is 3. The monoisotopic (exact) mass is 307 g/mol. The summed E-state index contributed by atoms with van der Waals surface area (Å²) in [5, 5.41) is 4.08. The molecule has 0 aliphatic carbocycles. The maximum Gasteiger partial charge on any atom is 0.246 e. The van der Waals surface area contributed by atoms with Crippen LogP contribution in [0.15, 0.2) is 23.7 Å². The van der Waals surface area contributed by atoms with Crippen molar-refractivity contribution in [2.75, 3.05) is 12.8 Å². The van der Waals surface area contributed by atoms with Crippen molar-refractivity contribution in [1.29, 1.82) is 0 Å². The molecule has 7 nitrogen and oxygen atoms in total. The molecule has 21 heavy (non-hydrogen) atoms. The molecule has 1 aliphatic heterocycles. The molecule has 0 saturated carbocycles. The molecular formula is C13H17N5O2S. The fourth-order valence-corrected chi connectivity index (χ4v) is 3.00. The molecule has 8 heteroatoms. The molecule has 3 heterocycles. The van der Waals surface area contributed by atoms with Gasteiger partial charge in [0.2, 0.25) is 15.0 Å². The van der Waals surface area contributed by atoms with Crippen molar-refractivity contribution in [3.63, 3.8) is 0 Å². The minimum atomic E-state index is -3.34. The van der Waals surface area contributed by atoms with E-state index in [-0.39, 0.29) is 5.16 Å². The van der Waals surface area contributed by atoms with Gasteiger partial charge in [0.15, 0.2) is 0 Å². The maximum absolute atomic E-state index is 11.5. The first-order valence-electron chi connectivity index (χ1n) is 6.66. The van der Waals surface area contributed by atoms with Crippen molar-refractivity contribution >= 4 is 9.84 Å². The van der Waals surface area contributed by atoms with E-state index in [4.69, 9.17) is 0 Å². The predicted octanol–water partition coefficient (Wildman–Crippen LogP) is 0.172. The average molecular weight is 307 g/mol. The summed E-state index contributed by atoms with van der Waals surface area (Å²) in [5.74, 6) is 0. The van der Waals surface area contributed by atoms with E-state index in [1.165, 1.54) is 0 Å². The molecule has 0 unspecified atom stereocenters. The van der Waals surface area contributed by atoms with Gasteiger partial charge < -0.3 is 0 Å². The van der Waals surface area contributed by atoms with E-state index in [0.29, 0.717) is 0 Å². The molecule has 2 aromatic rings. The van der Waals surface area contributed by atoms with Gasteiger partial charge >= 0.3 is 0 Å². The van der Waals surface area contributed by atoms with E-state index >= 15 is 0 Å². The van der Waals surface area contributed by atoms with Gasteiger partial charge in [-0.2, -0.15) is 5.10 Å². The van der Waals surface area contributed by atoms with Gasteiger partial charge in [-0.1, -0.05) is 0 Å². The average Bonchev–Trinajstić information content (AvgIpc) is 2.82. The van der Waals surface area contributed by atoms with Crippen LogP contribution < -0.4 is 0 Å². The van der Waals surface area contributed by atoms with E-state index in [1.807, 2.05) is 19.4 Å². The predicted molar refractivity (Wildman–Crippen MR) is 76.2 cm³/mol. The highest BCUT2D eigenvalue weighted by Crippen LogP contribution is 2.19. The van der Waals surface area contributed by atoms with Gasteiger partial charge in [0, 0.05) is 62.9 Å². The van der Waals surface area contributed by atoms with Crippen LogP contribution >= 0.6 is 0 Å². The topological polar surface area (TPSA) is 81.0 Å². The van der Waals surface area contributed by atoms with Gasteiger partial charge in [-0.15, -0.1) is 0 Å². The van der Waals surface area contributed by atoms with Gasteiger partial charge in [-0.05, 0) is 0 Å². The highest BCUT2D eigenvalue weighted by molar-refractivity contribution is 7.90. The zero-order chi connectivity index (χ0) is 15.0. The third-order valence-electron chi connectivity index (χ3n) is 3.49. The van der Waals surface area contributed by atoms with Crippen LogP contribution in [-0.2, 0) is 36.4 Å². The summed E-state index contributed by atoms with van der Waals surface area (Å²) in [4.78, 5) is 10.4. The lowest BCUT2D eigenvalue weighted by atomic mass is 10.1. The molecule has 0 aromatic carbocycles. The molecular weight excluding hydrogens is 290 g/mol. The molecule has 3 rings (SSSR count). The van der Waals surface area contributed by atoms with Crippen molar-refractivity contribution in [2.45, 2.75) is 24.7 Å². The molecule has 0 N–H and O–H groups in total. The van der Waals surface area contributed by atoms with Crippen LogP contribution in [0.25, 0.3) is 0 Å². The normalized spacial score (nSPS) is 15.9. The van der Waals surface area contributed by atoms with Crippen LogP contribution in [-0.4, -0.2) is 45.9 Å². The second-order valence-electron chi connectivity index (χ2n) is 5.38. The number of aromatic nitrogens is 4. The summed E-state index contributed by atoms with van der Waals surface area (Å²) in [6, 6.07) is 0. The molecule has 0 saturated heterocycles. The molecule has 112 valence electrons. The number of hydrogen-bond acceptors (Lipinski definition) is 6. The minimum Gasteiger partial charge on any atom is -0.294 e. The first-order chi connectivity index (χ1) is 9.91. The van der Waals surface area contributed by atoms with Crippen LogP contribution in [0, 0.1) is 0 Å². The van der Waals surface area contributed by atoms with Gasteiger partial charge in [0.25, 0.3) is 0 Å². The van der Waals surface area contributed by atoms with Crippen molar-refractivity contribution in [3.05, 3.63) is 35.4 Å². The molecule has 0 fully saturated rings. The summed E-state index contributed by atoms with van der Waals surface area (Å²) in [6.07, 6.45) is 7.36. The molecule has 0 atom stereocenters. The van der Waals surface area contributed by atoms with Crippen LogP contribution in [0.5, 0.6) is 0 Å². The quantitative estimate of drug-likeness (QED) is 0.752. The lowest BCUT2D eigenvalue weighted by molar-refractivity contribution is 0.242. The SMILES string of the molecule is Cn1cc(CN2CCc3nc(S(C)(=O)=O)ncc3C2)cn1. The van der Waals surface area contributed by atoms with Gasteiger partial charge in [-0.25, -0.2) is 18.4 Å². The zero-order valence-electron chi connectivity index (χ0n) is 12.0. The van der Waals surface area contributed by atoms with Crippen molar-refractivity contribution < 1.29 is 8.42 Å². The standard InChI is InChI=1S/C13H17N5O2S/c1-17-7-10(5-15-17)8-18-4-3-12-11(9-18)6-14-13(16-12)21(2,19)20/h5-7H,3-4,8-9H2,1-2H3. The number of aryl methyl sites for hydroxylation is 1. The van der Waals surface area contributed by atoms with Crippen molar-refractivity contribution in [3.8, 4) is 0 Å². The number of nitrogens with zero attached hydrogens (tertiary/aromatic N) is 5. The highest BCUT2D eigenvalue weighted by atomic mass is 32.2. The number of sulfone groups is 1. The Morgan fingerprint density at radius 1 is 1.33 bits per heavy atom. The van der Waals surface area contributed by atoms with Gasteiger partial charge in [0.05, 0.1) is 11.9 Å². The molecule has 0 spiro atoms. The fourth-order valence-electron chi connectivity index (χ4n) is 2.48. The summed E-state index contributed by atoms with van der Waals surface area (Å²) in [7, 11) is -1.44. The zero-order valence-corrected chi connectivity index (χ0v) is 12.8. The van der Waals surface area contributed by atoms with E-state index in [2.05, 4.69) is 20.0 Å². The van der Waals surface area contributed by atoms with Crippen LogP contribution in [0.3, 0.4) is 0 Å². The molecule has 1 aliphatic rings.